The average molecular weight is 249 g/mol. The molecule has 2 aromatic heterocycles. The van der Waals surface area contributed by atoms with Crippen LogP contribution in [0.2, 0.25) is 0 Å². The van der Waals surface area contributed by atoms with Gasteiger partial charge in [-0.05, 0) is 29.7 Å². The van der Waals surface area contributed by atoms with E-state index in [4.69, 9.17) is 5.84 Å². The molecule has 0 radical (unpaired) electrons. The van der Waals surface area contributed by atoms with Crippen LogP contribution in [0, 0.1) is 5.41 Å². The lowest BCUT2D eigenvalue weighted by Gasteiger charge is -2.12. The summed E-state index contributed by atoms with van der Waals surface area (Å²) in [5.41, 5.74) is 2.95. The molecule has 17 heavy (non-hydrogen) atoms. The van der Waals surface area contributed by atoms with Gasteiger partial charge in [-0.25, -0.2) is 10.8 Å². The second-order valence-electron chi connectivity index (χ2n) is 4.84. The van der Waals surface area contributed by atoms with Gasteiger partial charge in [0.05, 0.1) is 5.39 Å². The van der Waals surface area contributed by atoms with E-state index in [1.165, 1.54) is 12.8 Å². The molecule has 0 bridgehead atoms. The smallest absolute Gasteiger partial charge is 0.240 e. The number of thiophene rings is 1. The van der Waals surface area contributed by atoms with Gasteiger partial charge in [-0.1, -0.05) is 6.92 Å². The zero-order chi connectivity index (χ0) is 11.9. The second kappa shape index (κ2) is 3.82. The van der Waals surface area contributed by atoms with Gasteiger partial charge in [0.2, 0.25) is 5.95 Å². The number of nitrogens with zero attached hydrogens (tertiary/aromatic N) is 2. The van der Waals surface area contributed by atoms with Gasteiger partial charge in [-0.15, -0.1) is 11.3 Å². The van der Waals surface area contributed by atoms with Crippen LogP contribution in [0.3, 0.4) is 0 Å². The van der Waals surface area contributed by atoms with Crippen LogP contribution >= 0.6 is 11.3 Å². The number of hydrogen-bond acceptors (Lipinski definition) is 6. The van der Waals surface area contributed by atoms with Gasteiger partial charge in [-0.2, -0.15) is 4.98 Å². The van der Waals surface area contributed by atoms with Gasteiger partial charge < -0.3 is 5.32 Å². The topological polar surface area (TPSA) is 75.9 Å². The Morgan fingerprint density at radius 3 is 3.00 bits per heavy atom. The van der Waals surface area contributed by atoms with Gasteiger partial charge in [0.1, 0.15) is 10.6 Å². The number of nitrogens with two attached hydrogens (primary N) is 1. The predicted molar refractivity (Wildman–Crippen MR) is 71.1 cm³/mol. The summed E-state index contributed by atoms with van der Waals surface area (Å²) in [6, 6.07) is 2.04. The number of hydrazine groups is 1. The number of fused-ring (bicyclic) bond motifs is 1. The fraction of sp³-hybridized carbons (Fsp3) is 0.455. The zero-order valence-electron chi connectivity index (χ0n) is 9.66. The zero-order valence-corrected chi connectivity index (χ0v) is 10.5. The molecule has 6 heteroatoms. The molecule has 0 spiro atoms. The largest absolute Gasteiger partial charge is 0.369 e. The lowest BCUT2D eigenvalue weighted by molar-refractivity contribution is 0.610. The van der Waals surface area contributed by atoms with Crippen molar-refractivity contribution in [3.63, 3.8) is 0 Å². The van der Waals surface area contributed by atoms with Crippen molar-refractivity contribution in [1.82, 2.24) is 9.97 Å². The van der Waals surface area contributed by atoms with E-state index < -0.39 is 0 Å². The maximum atomic E-state index is 5.37. The minimum atomic E-state index is 0.448. The Labute approximate surface area is 103 Å². The second-order valence-corrected chi connectivity index (χ2v) is 5.74. The molecule has 0 atom stereocenters. The molecule has 3 rings (SSSR count). The molecular weight excluding hydrogens is 234 g/mol. The first-order chi connectivity index (χ1) is 8.20. The van der Waals surface area contributed by atoms with Crippen LogP contribution < -0.4 is 16.6 Å². The van der Waals surface area contributed by atoms with Crippen molar-refractivity contribution < 1.29 is 0 Å². The minimum Gasteiger partial charge on any atom is -0.369 e. The Morgan fingerprint density at radius 2 is 2.29 bits per heavy atom. The highest BCUT2D eigenvalue weighted by atomic mass is 32.1. The van der Waals surface area contributed by atoms with E-state index >= 15 is 0 Å². The molecular formula is C11H15N5S. The van der Waals surface area contributed by atoms with E-state index in [2.05, 4.69) is 27.6 Å². The van der Waals surface area contributed by atoms with Crippen molar-refractivity contribution in [2.24, 2.45) is 11.3 Å². The van der Waals surface area contributed by atoms with E-state index in [1.807, 2.05) is 11.4 Å². The molecule has 0 aliphatic heterocycles. The molecule has 4 N–H and O–H groups in total. The quantitative estimate of drug-likeness (QED) is 0.572. The van der Waals surface area contributed by atoms with E-state index in [-0.39, 0.29) is 0 Å². The van der Waals surface area contributed by atoms with Crippen LogP contribution in [-0.2, 0) is 0 Å². The van der Waals surface area contributed by atoms with E-state index in [0.29, 0.717) is 11.4 Å². The molecule has 5 nitrogen and oxygen atoms in total. The third kappa shape index (κ3) is 2.05. The third-order valence-corrected chi connectivity index (χ3v) is 4.05. The standard InChI is InChI=1S/C11H15N5S/c1-11(3-4-11)6-13-8-7-2-5-17-9(7)15-10(14-8)16-12/h2,5H,3-4,6,12H2,1H3,(H2,13,14,15,16). The summed E-state index contributed by atoms with van der Waals surface area (Å²) < 4.78 is 0. The Hall–Kier alpha value is -1.40. The normalized spacial score (nSPS) is 17.1. The summed E-state index contributed by atoms with van der Waals surface area (Å²) in [6.07, 6.45) is 2.58. The summed E-state index contributed by atoms with van der Waals surface area (Å²) in [5.74, 6) is 6.71. The first-order valence-electron chi connectivity index (χ1n) is 5.66. The van der Waals surface area contributed by atoms with Crippen LogP contribution in [0.25, 0.3) is 10.2 Å². The van der Waals surface area contributed by atoms with Crippen molar-refractivity contribution in [2.45, 2.75) is 19.8 Å². The van der Waals surface area contributed by atoms with Crippen LogP contribution in [-0.4, -0.2) is 16.5 Å². The van der Waals surface area contributed by atoms with Crippen molar-refractivity contribution in [3.8, 4) is 0 Å². The molecule has 2 aromatic rings. The highest BCUT2D eigenvalue weighted by molar-refractivity contribution is 7.16. The number of nitrogens with one attached hydrogen (secondary N) is 2. The predicted octanol–water partition coefficient (Wildman–Crippen LogP) is 2.19. The monoisotopic (exact) mass is 249 g/mol. The van der Waals surface area contributed by atoms with Gasteiger partial charge >= 0.3 is 0 Å². The molecule has 0 unspecified atom stereocenters. The fourth-order valence-corrected chi connectivity index (χ4v) is 2.51. The van der Waals surface area contributed by atoms with Crippen molar-refractivity contribution >= 4 is 33.3 Å². The molecule has 0 aromatic carbocycles. The summed E-state index contributed by atoms with van der Waals surface area (Å²) >= 11 is 1.59. The molecule has 0 saturated heterocycles. The summed E-state index contributed by atoms with van der Waals surface area (Å²) in [6.45, 7) is 3.24. The number of hydrogen-bond donors (Lipinski definition) is 3. The Morgan fingerprint density at radius 1 is 1.47 bits per heavy atom. The molecule has 1 fully saturated rings. The van der Waals surface area contributed by atoms with Crippen LogP contribution in [0.15, 0.2) is 11.4 Å². The Bertz CT molecular complexity index is 546. The van der Waals surface area contributed by atoms with Crippen LogP contribution in [0.4, 0.5) is 11.8 Å². The van der Waals surface area contributed by atoms with Gasteiger partial charge in [0, 0.05) is 6.54 Å². The molecule has 1 aliphatic rings. The van der Waals surface area contributed by atoms with Crippen LogP contribution in [0.5, 0.6) is 0 Å². The van der Waals surface area contributed by atoms with Gasteiger partial charge in [0.25, 0.3) is 0 Å². The summed E-state index contributed by atoms with van der Waals surface area (Å²) in [5, 5.41) is 6.50. The number of anilines is 2. The molecule has 0 amide bonds. The van der Waals surface area contributed by atoms with Crippen molar-refractivity contribution in [3.05, 3.63) is 11.4 Å². The Balaban J connectivity index is 1.92. The number of nitrogen functional groups attached to an aromatic ring is 1. The van der Waals surface area contributed by atoms with Crippen molar-refractivity contribution in [1.29, 1.82) is 0 Å². The van der Waals surface area contributed by atoms with Gasteiger partial charge in [-0.3, -0.25) is 5.43 Å². The maximum absolute atomic E-state index is 5.37. The summed E-state index contributed by atoms with van der Waals surface area (Å²) in [7, 11) is 0. The first kappa shape index (κ1) is 10.7. The minimum absolute atomic E-state index is 0.448. The van der Waals surface area contributed by atoms with Crippen LogP contribution in [0.1, 0.15) is 19.8 Å². The molecule has 1 saturated carbocycles. The van der Waals surface area contributed by atoms with E-state index in [1.54, 1.807) is 11.3 Å². The molecule has 2 heterocycles. The lowest BCUT2D eigenvalue weighted by atomic mass is 10.1. The summed E-state index contributed by atoms with van der Waals surface area (Å²) in [4.78, 5) is 9.63. The number of aromatic nitrogens is 2. The van der Waals surface area contributed by atoms with E-state index in [9.17, 15) is 0 Å². The fourth-order valence-electron chi connectivity index (χ4n) is 1.74. The average Bonchev–Trinajstić information content (AvgIpc) is 2.90. The molecule has 1 aliphatic carbocycles. The van der Waals surface area contributed by atoms with Crippen molar-refractivity contribution in [2.75, 3.05) is 17.3 Å². The lowest BCUT2D eigenvalue weighted by Crippen LogP contribution is -2.15. The first-order valence-corrected chi connectivity index (χ1v) is 6.54. The third-order valence-electron chi connectivity index (χ3n) is 3.24. The SMILES string of the molecule is CC1(CNc2nc(NN)nc3sccc23)CC1. The maximum Gasteiger partial charge on any atom is 0.240 e. The highest BCUT2D eigenvalue weighted by Gasteiger charge is 2.37. The van der Waals surface area contributed by atoms with Gasteiger partial charge in [0.15, 0.2) is 0 Å². The highest BCUT2D eigenvalue weighted by Crippen LogP contribution is 2.45. The number of rotatable bonds is 4. The molecule has 90 valence electrons. The Kier molecular flexibility index (Phi) is 2.41. The van der Waals surface area contributed by atoms with E-state index in [0.717, 1.165) is 22.6 Å².